The number of aryl methyl sites for hydroxylation is 1. The zero-order valence-electron chi connectivity index (χ0n) is 18.4. The van der Waals surface area contributed by atoms with Crippen LogP contribution >= 0.6 is 0 Å². The number of esters is 2. The van der Waals surface area contributed by atoms with E-state index in [4.69, 9.17) is 9.47 Å². The van der Waals surface area contributed by atoms with Crippen LogP contribution in [0.3, 0.4) is 0 Å². The summed E-state index contributed by atoms with van der Waals surface area (Å²) in [6, 6.07) is 10.1. The molecule has 1 aromatic heterocycles. The minimum absolute atomic E-state index is 0.172. The van der Waals surface area contributed by atoms with Gasteiger partial charge in [-0.25, -0.2) is 9.59 Å². The molecule has 8 heteroatoms. The zero-order valence-corrected chi connectivity index (χ0v) is 18.4. The van der Waals surface area contributed by atoms with Gasteiger partial charge in [0.15, 0.2) is 6.10 Å². The summed E-state index contributed by atoms with van der Waals surface area (Å²) in [4.78, 5) is 44.5. The molecule has 0 bridgehead atoms. The van der Waals surface area contributed by atoms with E-state index in [2.05, 4.69) is 9.88 Å². The molecule has 1 fully saturated rings. The Balaban J connectivity index is 1.62. The molecule has 0 radical (unpaired) electrons. The molecule has 0 unspecified atom stereocenters. The van der Waals surface area contributed by atoms with Crippen molar-refractivity contribution in [2.24, 2.45) is 0 Å². The Labute approximate surface area is 182 Å². The number of aromatic nitrogens is 1. The van der Waals surface area contributed by atoms with Crippen molar-refractivity contribution < 1.29 is 23.9 Å². The second-order valence-electron chi connectivity index (χ2n) is 7.52. The summed E-state index contributed by atoms with van der Waals surface area (Å²) in [5, 5.41) is 0. The van der Waals surface area contributed by atoms with E-state index in [1.807, 2.05) is 37.3 Å². The quantitative estimate of drug-likeness (QED) is 0.713. The number of amides is 1. The highest BCUT2D eigenvalue weighted by Crippen LogP contribution is 2.22. The van der Waals surface area contributed by atoms with Crippen LogP contribution in [0.4, 0.5) is 5.69 Å². The van der Waals surface area contributed by atoms with Crippen molar-refractivity contribution in [1.29, 1.82) is 0 Å². The number of rotatable bonds is 6. The van der Waals surface area contributed by atoms with E-state index in [1.54, 1.807) is 18.7 Å². The van der Waals surface area contributed by atoms with Crippen molar-refractivity contribution in [2.75, 3.05) is 38.2 Å². The molecule has 1 saturated heterocycles. The number of hydrogen-bond acceptors (Lipinski definition) is 6. The van der Waals surface area contributed by atoms with Crippen molar-refractivity contribution >= 4 is 23.5 Å². The predicted octanol–water partition coefficient (Wildman–Crippen LogP) is 2.57. The summed E-state index contributed by atoms with van der Waals surface area (Å²) in [5.74, 6) is -1.40. The van der Waals surface area contributed by atoms with Crippen LogP contribution in [0.15, 0.2) is 30.3 Å². The van der Waals surface area contributed by atoms with Crippen molar-refractivity contribution in [1.82, 2.24) is 9.88 Å². The van der Waals surface area contributed by atoms with Gasteiger partial charge in [-0.05, 0) is 38.0 Å². The Bertz CT molecular complexity index is 946. The lowest BCUT2D eigenvalue weighted by atomic mass is 10.1. The number of benzene rings is 1. The lowest BCUT2D eigenvalue weighted by Gasteiger charge is -2.37. The second-order valence-corrected chi connectivity index (χ2v) is 7.52. The first-order valence-electron chi connectivity index (χ1n) is 10.5. The molecule has 0 aliphatic carbocycles. The number of para-hydroxylation sites is 1. The van der Waals surface area contributed by atoms with Gasteiger partial charge in [-0.2, -0.15) is 0 Å². The maximum atomic E-state index is 12.8. The number of aromatic amines is 1. The van der Waals surface area contributed by atoms with Gasteiger partial charge in [0, 0.05) is 37.6 Å². The number of carbonyl (C=O) groups is 3. The number of piperazine rings is 1. The first kappa shape index (κ1) is 22.4. The van der Waals surface area contributed by atoms with Crippen LogP contribution in [0.1, 0.15) is 46.0 Å². The first-order valence-corrected chi connectivity index (χ1v) is 10.5. The number of H-pyrrole nitrogens is 1. The number of ether oxygens (including phenoxy) is 2. The highest BCUT2D eigenvalue weighted by molar-refractivity contribution is 5.99. The molecular formula is C23H29N3O5. The summed E-state index contributed by atoms with van der Waals surface area (Å²) in [6.07, 6.45) is -0.399. The molecule has 0 saturated carbocycles. The Kier molecular flexibility index (Phi) is 6.99. The fourth-order valence-electron chi connectivity index (χ4n) is 3.86. The summed E-state index contributed by atoms with van der Waals surface area (Å²) in [6.45, 7) is 7.65. The van der Waals surface area contributed by atoms with Crippen LogP contribution in [0.25, 0.3) is 0 Å². The number of hydrogen-bond donors (Lipinski definition) is 1. The first-order chi connectivity index (χ1) is 14.9. The molecule has 1 aromatic carbocycles. The Morgan fingerprint density at radius 2 is 1.71 bits per heavy atom. The van der Waals surface area contributed by atoms with E-state index in [0.29, 0.717) is 49.4 Å². The molecule has 1 aliphatic heterocycles. The maximum absolute atomic E-state index is 12.8. The minimum atomic E-state index is -0.926. The number of nitrogens with one attached hydrogen (secondary N) is 1. The average Bonchev–Trinajstić information content (AvgIpc) is 3.15. The van der Waals surface area contributed by atoms with Gasteiger partial charge in [-0.3, -0.25) is 4.79 Å². The third-order valence-corrected chi connectivity index (χ3v) is 5.62. The van der Waals surface area contributed by atoms with E-state index >= 15 is 0 Å². The third kappa shape index (κ3) is 4.73. The van der Waals surface area contributed by atoms with Gasteiger partial charge < -0.3 is 24.3 Å². The van der Waals surface area contributed by atoms with Gasteiger partial charge in [-0.15, -0.1) is 0 Å². The minimum Gasteiger partial charge on any atom is -0.465 e. The summed E-state index contributed by atoms with van der Waals surface area (Å²) >= 11 is 0. The molecule has 1 atom stereocenters. The Hall–Kier alpha value is -3.29. The molecule has 2 heterocycles. The molecule has 31 heavy (non-hydrogen) atoms. The van der Waals surface area contributed by atoms with Crippen LogP contribution in [0, 0.1) is 6.92 Å². The smallest absolute Gasteiger partial charge is 0.355 e. The van der Waals surface area contributed by atoms with E-state index in [1.165, 1.54) is 7.11 Å². The van der Waals surface area contributed by atoms with Crippen LogP contribution in [-0.4, -0.2) is 67.1 Å². The molecular weight excluding hydrogens is 398 g/mol. The molecule has 8 nitrogen and oxygen atoms in total. The SMILES string of the molecule is CCc1[nH]c(C(=O)O[C@H](C)C(=O)N2CCN(c3ccccc3)CC2)c(C)c1C(=O)OC. The normalized spacial score (nSPS) is 14.8. The van der Waals surface area contributed by atoms with E-state index < -0.39 is 18.0 Å². The van der Waals surface area contributed by atoms with Crippen LogP contribution < -0.4 is 4.90 Å². The summed E-state index contributed by atoms with van der Waals surface area (Å²) < 4.78 is 10.3. The number of carbonyl (C=O) groups excluding carboxylic acids is 3. The number of anilines is 1. The van der Waals surface area contributed by atoms with Gasteiger partial charge in [0.1, 0.15) is 5.69 Å². The summed E-state index contributed by atoms with van der Waals surface area (Å²) in [5.41, 5.74) is 2.71. The van der Waals surface area contributed by atoms with Crippen LogP contribution in [0.5, 0.6) is 0 Å². The van der Waals surface area contributed by atoms with Crippen molar-refractivity contribution in [3.05, 3.63) is 52.8 Å². The zero-order chi connectivity index (χ0) is 22.5. The van der Waals surface area contributed by atoms with E-state index in [-0.39, 0.29) is 11.6 Å². The number of methoxy groups -OCH3 is 1. The van der Waals surface area contributed by atoms with Crippen LogP contribution in [0.2, 0.25) is 0 Å². The van der Waals surface area contributed by atoms with Crippen molar-refractivity contribution in [3.63, 3.8) is 0 Å². The van der Waals surface area contributed by atoms with Gasteiger partial charge >= 0.3 is 11.9 Å². The van der Waals surface area contributed by atoms with Gasteiger partial charge in [0.25, 0.3) is 5.91 Å². The summed E-state index contributed by atoms with van der Waals surface area (Å²) in [7, 11) is 1.30. The topological polar surface area (TPSA) is 91.9 Å². The lowest BCUT2D eigenvalue weighted by molar-refractivity contribution is -0.140. The highest BCUT2D eigenvalue weighted by Gasteiger charge is 2.30. The monoisotopic (exact) mass is 427 g/mol. The Morgan fingerprint density at radius 3 is 2.29 bits per heavy atom. The lowest BCUT2D eigenvalue weighted by Crippen LogP contribution is -2.51. The third-order valence-electron chi connectivity index (χ3n) is 5.62. The Morgan fingerprint density at radius 1 is 1.06 bits per heavy atom. The highest BCUT2D eigenvalue weighted by atomic mass is 16.5. The van der Waals surface area contributed by atoms with E-state index in [0.717, 1.165) is 5.69 Å². The molecule has 2 aromatic rings. The largest absolute Gasteiger partial charge is 0.465 e. The fourth-order valence-corrected chi connectivity index (χ4v) is 3.86. The maximum Gasteiger partial charge on any atom is 0.355 e. The van der Waals surface area contributed by atoms with Gasteiger partial charge in [0.05, 0.1) is 12.7 Å². The molecule has 1 N–H and O–H groups in total. The molecule has 3 rings (SSSR count). The fraction of sp³-hybridized carbons (Fsp3) is 0.435. The van der Waals surface area contributed by atoms with Gasteiger partial charge in [0.2, 0.25) is 0 Å². The van der Waals surface area contributed by atoms with Crippen LogP contribution in [-0.2, 0) is 20.7 Å². The average molecular weight is 428 g/mol. The van der Waals surface area contributed by atoms with Crippen molar-refractivity contribution in [3.8, 4) is 0 Å². The van der Waals surface area contributed by atoms with E-state index in [9.17, 15) is 14.4 Å². The van der Waals surface area contributed by atoms with Crippen molar-refractivity contribution in [2.45, 2.75) is 33.3 Å². The predicted molar refractivity (Wildman–Crippen MR) is 116 cm³/mol. The molecule has 1 aliphatic rings. The number of nitrogens with zero attached hydrogens (tertiary/aromatic N) is 2. The standard InChI is InChI=1S/C23H29N3O5/c1-5-18-19(22(28)30-4)15(2)20(24-18)23(29)31-16(3)21(27)26-13-11-25(12-14-26)17-9-7-6-8-10-17/h6-10,16,24H,5,11-14H2,1-4H3/t16-/m1/s1. The second kappa shape index (κ2) is 9.68. The molecule has 166 valence electrons. The molecule has 0 spiro atoms. The molecule has 1 amide bonds. The van der Waals surface area contributed by atoms with Gasteiger partial charge in [-0.1, -0.05) is 25.1 Å².